The zero-order valence-electron chi connectivity index (χ0n) is 12.8. The smallest absolute Gasteiger partial charge is 0.319 e. The van der Waals surface area contributed by atoms with Crippen LogP contribution in [0.1, 0.15) is 20.3 Å². The average molecular weight is 349 g/mol. The van der Waals surface area contributed by atoms with Crippen molar-refractivity contribution in [2.75, 3.05) is 24.7 Å². The average Bonchev–Trinajstić information content (AvgIpc) is 2.39. The number of nitrogens with one attached hydrogen (secondary N) is 2. The number of carbonyl (C=O) groups is 1. The van der Waals surface area contributed by atoms with Crippen LogP contribution >= 0.6 is 11.6 Å². The van der Waals surface area contributed by atoms with Crippen molar-refractivity contribution in [1.82, 2.24) is 5.32 Å². The molecule has 0 atom stereocenters. The highest BCUT2D eigenvalue weighted by Crippen LogP contribution is 2.25. The van der Waals surface area contributed by atoms with E-state index in [1.807, 2.05) is 13.8 Å². The highest BCUT2D eigenvalue weighted by molar-refractivity contribution is 7.90. The third-order valence-corrected chi connectivity index (χ3v) is 4.11. The van der Waals surface area contributed by atoms with E-state index in [0.29, 0.717) is 19.6 Å². The Hall–Kier alpha value is -1.31. The molecule has 22 heavy (non-hydrogen) atoms. The molecule has 8 heteroatoms. The lowest BCUT2D eigenvalue weighted by molar-refractivity contribution is 0.0775. The molecule has 0 aliphatic rings. The molecule has 1 rings (SSSR count). The van der Waals surface area contributed by atoms with Gasteiger partial charge in [-0.15, -0.1) is 0 Å². The van der Waals surface area contributed by atoms with Gasteiger partial charge in [-0.25, -0.2) is 13.2 Å². The predicted molar refractivity (Wildman–Crippen MR) is 87.3 cm³/mol. The molecular weight excluding hydrogens is 328 g/mol. The summed E-state index contributed by atoms with van der Waals surface area (Å²) in [5.74, 6) is 0. The van der Waals surface area contributed by atoms with Crippen LogP contribution in [-0.2, 0) is 14.6 Å². The molecule has 0 spiro atoms. The van der Waals surface area contributed by atoms with E-state index in [1.54, 1.807) is 0 Å². The van der Waals surface area contributed by atoms with Gasteiger partial charge in [0.05, 0.1) is 21.7 Å². The van der Waals surface area contributed by atoms with Gasteiger partial charge in [-0.05, 0) is 38.5 Å². The van der Waals surface area contributed by atoms with Crippen LogP contribution in [0.2, 0.25) is 5.02 Å². The molecule has 0 radical (unpaired) electrons. The van der Waals surface area contributed by atoms with Crippen molar-refractivity contribution in [3.63, 3.8) is 0 Å². The number of halogens is 1. The Morgan fingerprint density at radius 3 is 2.64 bits per heavy atom. The number of rotatable bonds is 7. The highest BCUT2D eigenvalue weighted by atomic mass is 35.5. The number of urea groups is 1. The van der Waals surface area contributed by atoms with Crippen molar-refractivity contribution < 1.29 is 17.9 Å². The first-order valence-electron chi connectivity index (χ1n) is 6.86. The lowest BCUT2D eigenvalue weighted by atomic mass is 10.3. The van der Waals surface area contributed by atoms with Gasteiger partial charge in [0.25, 0.3) is 0 Å². The lowest BCUT2D eigenvalue weighted by Crippen LogP contribution is -2.30. The van der Waals surface area contributed by atoms with Crippen molar-refractivity contribution >= 4 is 33.2 Å². The second-order valence-electron chi connectivity index (χ2n) is 5.07. The Morgan fingerprint density at radius 2 is 2.05 bits per heavy atom. The summed E-state index contributed by atoms with van der Waals surface area (Å²) in [4.78, 5) is 11.8. The minimum absolute atomic E-state index is 0.0949. The number of anilines is 1. The summed E-state index contributed by atoms with van der Waals surface area (Å²) >= 11 is 5.95. The standard InChI is InChI=1S/C14H21ClN2O4S/c1-10(2)21-8-4-7-16-14(18)17-13-9-11(22(3,19)20)5-6-12(13)15/h5-6,9-10H,4,7-8H2,1-3H3,(H2,16,17,18). The fourth-order valence-corrected chi connectivity index (χ4v) is 2.40. The van der Waals surface area contributed by atoms with Crippen LogP contribution in [0.3, 0.4) is 0 Å². The number of sulfone groups is 1. The zero-order chi connectivity index (χ0) is 16.8. The van der Waals surface area contributed by atoms with E-state index in [9.17, 15) is 13.2 Å². The Kier molecular flexibility index (Phi) is 7.12. The fourth-order valence-electron chi connectivity index (χ4n) is 1.59. The van der Waals surface area contributed by atoms with Crippen LogP contribution in [0.4, 0.5) is 10.5 Å². The Labute approximate surface area is 136 Å². The Bertz CT molecular complexity index is 617. The van der Waals surface area contributed by atoms with Crippen LogP contribution in [0, 0.1) is 0 Å². The normalized spacial score (nSPS) is 11.5. The van der Waals surface area contributed by atoms with Crippen molar-refractivity contribution in [3.8, 4) is 0 Å². The zero-order valence-corrected chi connectivity index (χ0v) is 14.4. The van der Waals surface area contributed by atoms with Gasteiger partial charge < -0.3 is 15.4 Å². The number of carbonyl (C=O) groups excluding carboxylic acids is 1. The van der Waals surface area contributed by atoms with E-state index >= 15 is 0 Å². The first-order valence-corrected chi connectivity index (χ1v) is 9.13. The largest absolute Gasteiger partial charge is 0.379 e. The topological polar surface area (TPSA) is 84.5 Å². The highest BCUT2D eigenvalue weighted by Gasteiger charge is 2.12. The minimum atomic E-state index is -3.36. The van der Waals surface area contributed by atoms with Gasteiger partial charge in [-0.2, -0.15) is 0 Å². The van der Waals surface area contributed by atoms with E-state index in [4.69, 9.17) is 16.3 Å². The number of hydrogen-bond donors (Lipinski definition) is 2. The molecule has 0 fully saturated rings. The van der Waals surface area contributed by atoms with Crippen molar-refractivity contribution in [2.45, 2.75) is 31.3 Å². The third-order valence-electron chi connectivity index (χ3n) is 2.67. The first-order chi connectivity index (χ1) is 10.2. The van der Waals surface area contributed by atoms with E-state index < -0.39 is 15.9 Å². The van der Waals surface area contributed by atoms with Gasteiger partial charge in [0.15, 0.2) is 9.84 Å². The van der Waals surface area contributed by atoms with Gasteiger partial charge in [-0.1, -0.05) is 11.6 Å². The minimum Gasteiger partial charge on any atom is -0.379 e. The molecule has 0 saturated carbocycles. The summed E-state index contributed by atoms with van der Waals surface area (Å²) in [6, 6.07) is 3.71. The number of hydrogen-bond acceptors (Lipinski definition) is 4. The molecule has 6 nitrogen and oxygen atoms in total. The maximum absolute atomic E-state index is 11.8. The van der Waals surface area contributed by atoms with Gasteiger partial charge in [-0.3, -0.25) is 0 Å². The maximum Gasteiger partial charge on any atom is 0.319 e. The van der Waals surface area contributed by atoms with Crippen molar-refractivity contribution in [1.29, 1.82) is 0 Å². The Balaban J connectivity index is 2.54. The molecule has 0 aliphatic carbocycles. The van der Waals surface area contributed by atoms with Crippen molar-refractivity contribution in [2.24, 2.45) is 0 Å². The second-order valence-corrected chi connectivity index (χ2v) is 7.49. The molecule has 0 saturated heterocycles. The lowest BCUT2D eigenvalue weighted by Gasteiger charge is -2.11. The van der Waals surface area contributed by atoms with Gasteiger partial charge in [0.1, 0.15) is 0 Å². The molecule has 0 bridgehead atoms. The SMILES string of the molecule is CC(C)OCCCNC(=O)Nc1cc(S(C)(=O)=O)ccc1Cl. The molecule has 2 N–H and O–H groups in total. The first kappa shape index (κ1) is 18.7. The molecular formula is C14H21ClN2O4S. The van der Waals surface area contributed by atoms with E-state index in [2.05, 4.69) is 10.6 Å². The van der Waals surface area contributed by atoms with E-state index in [1.165, 1.54) is 18.2 Å². The second kappa shape index (κ2) is 8.36. The molecule has 1 aromatic carbocycles. The monoisotopic (exact) mass is 348 g/mol. The fraction of sp³-hybridized carbons (Fsp3) is 0.500. The van der Waals surface area contributed by atoms with E-state index in [-0.39, 0.29) is 21.7 Å². The molecule has 0 aromatic heterocycles. The maximum atomic E-state index is 11.8. The quantitative estimate of drug-likeness (QED) is 0.742. The molecule has 0 unspecified atom stereocenters. The summed E-state index contributed by atoms with van der Waals surface area (Å²) in [5.41, 5.74) is 0.250. The van der Waals surface area contributed by atoms with Crippen LogP contribution < -0.4 is 10.6 Å². The summed E-state index contributed by atoms with van der Waals surface area (Å²) in [7, 11) is -3.36. The Morgan fingerprint density at radius 1 is 1.36 bits per heavy atom. The van der Waals surface area contributed by atoms with Crippen molar-refractivity contribution in [3.05, 3.63) is 23.2 Å². The molecule has 2 amide bonds. The van der Waals surface area contributed by atoms with Crippen LogP contribution in [-0.4, -0.2) is 40.0 Å². The molecule has 0 heterocycles. The third kappa shape index (κ3) is 6.64. The molecule has 0 aliphatic heterocycles. The van der Waals surface area contributed by atoms with Gasteiger partial charge in [0, 0.05) is 19.4 Å². The number of ether oxygens (including phenoxy) is 1. The van der Waals surface area contributed by atoms with E-state index in [0.717, 1.165) is 6.26 Å². The summed E-state index contributed by atoms with van der Waals surface area (Å²) in [6.07, 6.45) is 1.93. The van der Waals surface area contributed by atoms with Gasteiger partial charge >= 0.3 is 6.03 Å². The van der Waals surface area contributed by atoms with Crippen LogP contribution in [0.25, 0.3) is 0 Å². The number of amides is 2. The van der Waals surface area contributed by atoms with Gasteiger partial charge in [0.2, 0.25) is 0 Å². The summed E-state index contributed by atoms with van der Waals surface area (Å²) in [5, 5.41) is 5.46. The summed E-state index contributed by atoms with van der Waals surface area (Å²) < 4.78 is 28.3. The van der Waals surface area contributed by atoms with Crippen LogP contribution in [0.5, 0.6) is 0 Å². The summed E-state index contributed by atoms with van der Waals surface area (Å²) in [6.45, 7) is 4.89. The molecule has 124 valence electrons. The van der Waals surface area contributed by atoms with Crippen LogP contribution in [0.15, 0.2) is 23.1 Å². The molecule has 1 aromatic rings. The predicted octanol–water partition coefficient (Wildman–Crippen LogP) is 2.68. The number of benzene rings is 1.